The third-order valence-electron chi connectivity index (χ3n) is 5.05. The van der Waals surface area contributed by atoms with Crippen molar-refractivity contribution in [3.8, 4) is 16.9 Å². The van der Waals surface area contributed by atoms with Crippen molar-refractivity contribution in [2.45, 2.75) is 26.2 Å². The Labute approximate surface area is 170 Å². The number of hydrogen-bond acceptors (Lipinski definition) is 1. The van der Waals surface area contributed by atoms with Crippen LogP contribution in [0, 0.1) is 0 Å². The molecule has 0 fully saturated rings. The van der Waals surface area contributed by atoms with Crippen molar-refractivity contribution in [1.29, 1.82) is 0 Å². The summed E-state index contributed by atoms with van der Waals surface area (Å²) in [5.74, 6) is 0. The number of benzene rings is 3. The molecule has 3 heteroatoms. The molecule has 0 amide bonds. The fourth-order valence-corrected chi connectivity index (χ4v) is 3.62. The Hall–Kier alpha value is -2.84. The maximum atomic E-state index is 12.8. The first-order valence-electron chi connectivity index (χ1n) is 9.36. The minimum atomic E-state index is 0.0238. The summed E-state index contributed by atoms with van der Waals surface area (Å²) >= 11 is 6.10. The zero-order valence-electron chi connectivity index (χ0n) is 16.2. The second kappa shape index (κ2) is 6.96. The fourth-order valence-electron chi connectivity index (χ4n) is 3.49. The highest BCUT2D eigenvalue weighted by atomic mass is 35.5. The van der Waals surface area contributed by atoms with Gasteiger partial charge in [-0.15, -0.1) is 0 Å². The average Bonchev–Trinajstić information content (AvgIpc) is 2.68. The molecule has 0 atom stereocenters. The molecule has 2 nitrogen and oxygen atoms in total. The van der Waals surface area contributed by atoms with E-state index in [1.807, 2.05) is 48.5 Å². The molecular formula is C25H22ClNO. The van der Waals surface area contributed by atoms with E-state index in [9.17, 15) is 4.79 Å². The van der Waals surface area contributed by atoms with Crippen molar-refractivity contribution >= 4 is 22.5 Å². The molecule has 0 saturated carbocycles. The summed E-state index contributed by atoms with van der Waals surface area (Å²) in [4.78, 5) is 12.8. The highest BCUT2D eigenvalue weighted by Gasteiger charge is 2.16. The second-order valence-corrected chi connectivity index (χ2v) is 8.49. The van der Waals surface area contributed by atoms with Crippen molar-refractivity contribution in [1.82, 2.24) is 4.57 Å². The van der Waals surface area contributed by atoms with Crippen LogP contribution in [0.25, 0.3) is 27.8 Å². The molecule has 4 rings (SSSR count). The summed E-state index contributed by atoms with van der Waals surface area (Å²) in [5, 5.41) is 1.39. The molecule has 3 aromatic carbocycles. The van der Waals surface area contributed by atoms with Gasteiger partial charge in [0.15, 0.2) is 5.43 Å². The SMILES string of the molecule is CC(C)(C)c1ccc(-c2cc(=O)c3ccccc3n2-c2ccc(Cl)cc2)cc1. The Morgan fingerprint density at radius 1 is 0.821 bits per heavy atom. The molecule has 0 radical (unpaired) electrons. The highest BCUT2D eigenvalue weighted by molar-refractivity contribution is 6.30. The lowest BCUT2D eigenvalue weighted by atomic mass is 9.86. The van der Waals surface area contributed by atoms with Crippen LogP contribution in [-0.2, 0) is 5.41 Å². The minimum absolute atomic E-state index is 0.0238. The minimum Gasteiger partial charge on any atom is -0.309 e. The number of para-hydroxylation sites is 1. The Morgan fingerprint density at radius 3 is 2.11 bits per heavy atom. The van der Waals surface area contributed by atoms with Crippen LogP contribution in [0.5, 0.6) is 0 Å². The molecule has 0 aliphatic heterocycles. The van der Waals surface area contributed by atoms with E-state index in [4.69, 9.17) is 11.6 Å². The van der Waals surface area contributed by atoms with Crippen LogP contribution in [0.3, 0.4) is 0 Å². The van der Waals surface area contributed by atoms with Gasteiger partial charge in [0.1, 0.15) is 0 Å². The van der Waals surface area contributed by atoms with E-state index in [1.54, 1.807) is 6.07 Å². The first-order valence-corrected chi connectivity index (χ1v) is 9.74. The highest BCUT2D eigenvalue weighted by Crippen LogP contribution is 2.30. The quantitative estimate of drug-likeness (QED) is 0.379. The summed E-state index contributed by atoms with van der Waals surface area (Å²) in [6, 6.07) is 25.6. The van der Waals surface area contributed by atoms with Crippen molar-refractivity contribution in [3.05, 3.63) is 99.7 Å². The lowest BCUT2D eigenvalue weighted by Gasteiger charge is -2.21. The predicted molar refractivity (Wildman–Crippen MR) is 119 cm³/mol. The van der Waals surface area contributed by atoms with Crippen LogP contribution < -0.4 is 5.43 Å². The third-order valence-corrected chi connectivity index (χ3v) is 5.30. The number of pyridine rings is 1. The molecular weight excluding hydrogens is 366 g/mol. The van der Waals surface area contributed by atoms with E-state index in [-0.39, 0.29) is 10.8 Å². The molecule has 0 aliphatic rings. The molecule has 0 unspecified atom stereocenters. The van der Waals surface area contributed by atoms with Gasteiger partial charge in [0, 0.05) is 22.2 Å². The van der Waals surface area contributed by atoms with Crippen molar-refractivity contribution in [3.63, 3.8) is 0 Å². The average molecular weight is 388 g/mol. The topological polar surface area (TPSA) is 22.0 Å². The van der Waals surface area contributed by atoms with Crippen LogP contribution >= 0.6 is 11.6 Å². The van der Waals surface area contributed by atoms with Gasteiger partial charge >= 0.3 is 0 Å². The largest absolute Gasteiger partial charge is 0.309 e. The number of hydrogen-bond donors (Lipinski definition) is 0. The van der Waals surface area contributed by atoms with Gasteiger partial charge in [0.25, 0.3) is 0 Å². The number of halogens is 1. The monoisotopic (exact) mass is 387 g/mol. The van der Waals surface area contributed by atoms with Crippen molar-refractivity contribution < 1.29 is 0 Å². The lowest BCUT2D eigenvalue weighted by Crippen LogP contribution is -2.12. The van der Waals surface area contributed by atoms with E-state index in [2.05, 4.69) is 49.6 Å². The molecule has 1 heterocycles. The molecule has 0 spiro atoms. The van der Waals surface area contributed by atoms with Gasteiger partial charge < -0.3 is 4.57 Å². The smallest absolute Gasteiger partial charge is 0.190 e. The van der Waals surface area contributed by atoms with E-state index in [1.165, 1.54) is 5.56 Å². The van der Waals surface area contributed by atoms with Crippen molar-refractivity contribution in [2.75, 3.05) is 0 Å². The first kappa shape index (κ1) is 18.5. The second-order valence-electron chi connectivity index (χ2n) is 8.05. The third kappa shape index (κ3) is 3.36. The molecule has 140 valence electrons. The fraction of sp³-hybridized carbons (Fsp3) is 0.160. The first-order chi connectivity index (χ1) is 13.3. The number of nitrogens with zero attached hydrogens (tertiary/aromatic N) is 1. The predicted octanol–water partition coefficient (Wildman–Crippen LogP) is 6.61. The van der Waals surface area contributed by atoms with Gasteiger partial charge in [-0.1, -0.05) is 68.8 Å². The molecule has 28 heavy (non-hydrogen) atoms. The molecule has 0 N–H and O–H groups in total. The molecule has 0 aliphatic carbocycles. The Balaban J connectivity index is 2.01. The lowest BCUT2D eigenvalue weighted by molar-refractivity contribution is 0.590. The van der Waals surface area contributed by atoms with Crippen LogP contribution in [0.2, 0.25) is 5.02 Å². The normalized spacial score (nSPS) is 11.7. The van der Waals surface area contributed by atoms with Crippen molar-refractivity contribution in [2.24, 2.45) is 0 Å². The summed E-state index contributed by atoms with van der Waals surface area (Å²) in [7, 11) is 0. The number of aromatic nitrogens is 1. The summed E-state index contributed by atoms with van der Waals surface area (Å²) in [6.45, 7) is 6.59. The maximum Gasteiger partial charge on any atom is 0.190 e. The Bertz CT molecular complexity index is 1200. The van der Waals surface area contributed by atoms with Gasteiger partial charge in [-0.2, -0.15) is 0 Å². The maximum absolute atomic E-state index is 12.8. The summed E-state index contributed by atoms with van der Waals surface area (Å²) < 4.78 is 2.12. The van der Waals surface area contributed by atoms with E-state index in [0.717, 1.165) is 22.5 Å². The van der Waals surface area contributed by atoms with E-state index < -0.39 is 0 Å². The standard InChI is InChI=1S/C25H22ClNO/c1-25(2,3)18-10-8-17(9-11-18)23-16-24(28)21-6-4-5-7-22(21)27(23)20-14-12-19(26)13-15-20/h4-16H,1-3H3. The molecule has 0 bridgehead atoms. The molecule has 4 aromatic rings. The van der Waals surface area contributed by atoms with E-state index >= 15 is 0 Å². The Kier molecular flexibility index (Phi) is 4.60. The number of rotatable bonds is 2. The van der Waals surface area contributed by atoms with Crippen LogP contribution in [0.1, 0.15) is 26.3 Å². The van der Waals surface area contributed by atoms with Crippen LogP contribution in [0.15, 0.2) is 83.7 Å². The van der Waals surface area contributed by atoms with Gasteiger partial charge in [-0.3, -0.25) is 4.79 Å². The van der Waals surface area contributed by atoms with Gasteiger partial charge in [-0.05, 0) is 52.9 Å². The van der Waals surface area contributed by atoms with Crippen LogP contribution in [-0.4, -0.2) is 4.57 Å². The van der Waals surface area contributed by atoms with Gasteiger partial charge in [0.05, 0.1) is 11.2 Å². The van der Waals surface area contributed by atoms with E-state index in [0.29, 0.717) is 10.4 Å². The summed E-state index contributed by atoms with van der Waals surface area (Å²) in [6.07, 6.45) is 0. The van der Waals surface area contributed by atoms with Gasteiger partial charge in [-0.25, -0.2) is 0 Å². The Morgan fingerprint density at radius 2 is 1.46 bits per heavy atom. The van der Waals surface area contributed by atoms with Crippen LogP contribution in [0.4, 0.5) is 0 Å². The molecule has 0 saturated heterocycles. The molecule has 1 aromatic heterocycles. The zero-order valence-corrected chi connectivity index (χ0v) is 17.0. The zero-order chi connectivity index (χ0) is 19.9. The van der Waals surface area contributed by atoms with Gasteiger partial charge in [0.2, 0.25) is 0 Å². The summed E-state index contributed by atoms with van der Waals surface area (Å²) in [5.41, 5.74) is 5.09. The number of fused-ring (bicyclic) bond motifs is 1.